The molecular formula is C27H30N2O5S. The van der Waals surface area contributed by atoms with E-state index < -0.39 is 18.1 Å². The van der Waals surface area contributed by atoms with Crippen LogP contribution >= 0.6 is 11.8 Å². The summed E-state index contributed by atoms with van der Waals surface area (Å²) < 4.78 is 5.65. The van der Waals surface area contributed by atoms with Gasteiger partial charge in [0.2, 0.25) is 5.91 Å². The zero-order valence-corrected chi connectivity index (χ0v) is 20.5. The summed E-state index contributed by atoms with van der Waals surface area (Å²) in [5.74, 6) is -0.909. The molecule has 2 aliphatic carbocycles. The van der Waals surface area contributed by atoms with Crippen LogP contribution in [0, 0.1) is 5.92 Å². The van der Waals surface area contributed by atoms with E-state index in [0.717, 1.165) is 11.1 Å². The van der Waals surface area contributed by atoms with Crippen molar-refractivity contribution in [2.75, 3.05) is 12.4 Å². The van der Waals surface area contributed by atoms with Gasteiger partial charge in [0.05, 0.1) is 5.37 Å². The fourth-order valence-corrected chi connectivity index (χ4v) is 7.07. The van der Waals surface area contributed by atoms with E-state index in [9.17, 15) is 19.5 Å². The predicted molar refractivity (Wildman–Crippen MR) is 134 cm³/mol. The number of alkyl carbamates (subject to hydrolysis) is 1. The van der Waals surface area contributed by atoms with Crippen molar-refractivity contribution in [1.29, 1.82) is 0 Å². The summed E-state index contributed by atoms with van der Waals surface area (Å²) in [5.41, 5.74) is 4.68. The number of nitrogens with one attached hydrogen (secondary N) is 1. The number of rotatable bonds is 6. The first-order valence-electron chi connectivity index (χ1n) is 12.3. The molecule has 0 aromatic heterocycles. The smallest absolute Gasteiger partial charge is 0.407 e. The number of carboxylic acid groups (broad SMARTS) is 1. The molecule has 1 saturated carbocycles. The number of benzene rings is 2. The van der Waals surface area contributed by atoms with Crippen molar-refractivity contribution < 1.29 is 24.2 Å². The Kier molecular flexibility index (Phi) is 6.73. The van der Waals surface area contributed by atoms with Crippen LogP contribution in [0.2, 0.25) is 0 Å². The molecule has 5 rings (SSSR count). The molecule has 8 heteroatoms. The fourth-order valence-electron chi connectivity index (χ4n) is 5.72. The normalized spacial score (nSPS) is 25.2. The highest BCUT2D eigenvalue weighted by atomic mass is 32.2. The highest BCUT2D eigenvalue weighted by Crippen LogP contribution is 2.44. The molecule has 4 atom stereocenters. The number of fused-ring (bicyclic) bond motifs is 3. The van der Waals surface area contributed by atoms with Crippen LogP contribution in [0.15, 0.2) is 48.5 Å². The fraction of sp³-hybridized carbons (Fsp3) is 0.444. The molecule has 2 aromatic rings. The molecule has 1 heterocycles. The molecule has 1 aliphatic heterocycles. The number of hydrogen-bond acceptors (Lipinski definition) is 5. The summed E-state index contributed by atoms with van der Waals surface area (Å²) in [4.78, 5) is 39.1. The Balaban J connectivity index is 1.17. The first-order valence-corrected chi connectivity index (χ1v) is 13.3. The van der Waals surface area contributed by atoms with Crippen molar-refractivity contribution in [3.05, 3.63) is 59.7 Å². The molecule has 0 radical (unpaired) electrons. The van der Waals surface area contributed by atoms with Crippen molar-refractivity contribution in [3.8, 4) is 11.1 Å². The predicted octanol–water partition coefficient (Wildman–Crippen LogP) is 4.46. The summed E-state index contributed by atoms with van der Waals surface area (Å²) in [7, 11) is 0. The van der Waals surface area contributed by atoms with Gasteiger partial charge in [-0.2, -0.15) is 0 Å². The van der Waals surface area contributed by atoms with E-state index in [0.29, 0.717) is 31.4 Å². The molecule has 3 aliphatic rings. The number of ether oxygens (including phenoxy) is 1. The van der Waals surface area contributed by atoms with E-state index in [1.54, 1.807) is 4.90 Å². The van der Waals surface area contributed by atoms with Gasteiger partial charge in [0.25, 0.3) is 0 Å². The maximum absolute atomic E-state index is 13.2. The second-order valence-electron chi connectivity index (χ2n) is 9.47. The van der Waals surface area contributed by atoms with E-state index in [4.69, 9.17) is 4.74 Å². The molecule has 35 heavy (non-hydrogen) atoms. The summed E-state index contributed by atoms with van der Waals surface area (Å²) >= 11 is 1.53. The highest BCUT2D eigenvalue weighted by Gasteiger charge is 2.44. The Bertz CT molecular complexity index is 1090. The Morgan fingerprint density at radius 2 is 1.71 bits per heavy atom. The van der Waals surface area contributed by atoms with Crippen LogP contribution in [0.25, 0.3) is 11.1 Å². The van der Waals surface area contributed by atoms with Crippen LogP contribution in [0.1, 0.15) is 49.7 Å². The Hall–Kier alpha value is -3.00. The van der Waals surface area contributed by atoms with E-state index in [1.165, 1.54) is 22.9 Å². The third-order valence-electron chi connectivity index (χ3n) is 7.43. The maximum atomic E-state index is 13.2. The lowest BCUT2D eigenvalue weighted by molar-refractivity contribution is -0.150. The summed E-state index contributed by atoms with van der Waals surface area (Å²) in [6.45, 7) is 2.22. The van der Waals surface area contributed by atoms with Gasteiger partial charge in [-0.15, -0.1) is 11.8 Å². The Morgan fingerprint density at radius 1 is 1.06 bits per heavy atom. The van der Waals surface area contributed by atoms with Crippen LogP contribution in [-0.2, 0) is 14.3 Å². The average Bonchev–Trinajstić information content (AvgIpc) is 3.58. The number of carbonyl (C=O) groups excluding carboxylic acids is 2. The average molecular weight is 495 g/mol. The highest BCUT2D eigenvalue weighted by molar-refractivity contribution is 8.00. The van der Waals surface area contributed by atoms with Crippen molar-refractivity contribution in [1.82, 2.24) is 10.2 Å². The molecule has 2 fully saturated rings. The van der Waals surface area contributed by atoms with Gasteiger partial charge in [-0.25, -0.2) is 9.59 Å². The number of carbonyl (C=O) groups is 3. The number of thioether (sulfide) groups is 1. The van der Waals surface area contributed by atoms with Gasteiger partial charge in [-0.1, -0.05) is 55.5 Å². The van der Waals surface area contributed by atoms with Gasteiger partial charge in [0.1, 0.15) is 12.6 Å². The third-order valence-corrected chi connectivity index (χ3v) is 8.88. The number of amides is 2. The zero-order chi connectivity index (χ0) is 24.5. The number of hydrogen-bond donors (Lipinski definition) is 2. The third kappa shape index (κ3) is 4.51. The molecule has 2 aromatic carbocycles. The molecule has 184 valence electrons. The van der Waals surface area contributed by atoms with Crippen molar-refractivity contribution in [2.45, 2.75) is 56.0 Å². The molecule has 0 bridgehead atoms. The lowest BCUT2D eigenvalue weighted by Crippen LogP contribution is -2.48. The quantitative estimate of drug-likeness (QED) is 0.616. The maximum Gasteiger partial charge on any atom is 0.407 e. The molecule has 2 unspecified atom stereocenters. The molecule has 7 nitrogen and oxygen atoms in total. The van der Waals surface area contributed by atoms with Crippen molar-refractivity contribution in [2.24, 2.45) is 5.92 Å². The van der Waals surface area contributed by atoms with Crippen LogP contribution in [0.3, 0.4) is 0 Å². The van der Waals surface area contributed by atoms with Crippen molar-refractivity contribution >= 4 is 29.7 Å². The van der Waals surface area contributed by atoms with Gasteiger partial charge in [-0.3, -0.25) is 4.79 Å². The lowest BCUT2D eigenvalue weighted by Gasteiger charge is -2.29. The Morgan fingerprint density at radius 3 is 2.34 bits per heavy atom. The van der Waals surface area contributed by atoms with Gasteiger partial charge in [0, 0.05) is 23.6 Å². The summed E-state index contributed by atoms with van der Waals surface area (Å²) in [5, 5.41) is 12.4. The minimum atomic E-state index is -0.951. The van der Waals surface area contributed by atoms with Gasteiger partial charge < -0.3 is 20.1 Å². The van der Waals surface area contributed by atoms with Crippen LogP contribution in [0.4, 0.5) is 4.79 Å². The first kappa shape index (κ1) is 23.7. The summed E-state index contributed by atoms with van der Waals surface area (Å²) in [6, 6.07) is 15.5. The molecule has 2 amide bonds. The van der Waals surface area contributed by atoms with E-state index >= 15 is 0 Å². The van der Waals surface area contributed by atoms with Gasteiger partial charge in [0.15, 0.2) is 0 Å². The second-order valence-corrected chi connectivity index (χ2v) is 10.7. The largest absolute Gasteiger partial charge is 0.480 e. The standard InChI is InChI=1S/C27H30N2O5S/c1-2-24-29(23(15-35-24)26(31)32)25(30)16-11-12-17(13-16)28-27(33)34-14-22-20-9-5-3-7-18(20)19-8-4-6-10-21(19)22/h3-10,16-17,22-24H,2,11-15H2,1H3,(H,28,33)(H,31,32)/t16-,17+,23?,24?/m1/s1. The minimum Gasteiger partial charge on any atom is -0.480 e. The SMILES string of the molecule is CCC1SCC(C(=O)O)N1C(=O)[C@@H]1CC[C@H](NC(=O)OCC2c3ccccc3-c3ccccc32)C1. The topological polar surface area (TPSA) is 95.9 Å². The number of nitrogens with zero attached hydrogens (tertiary/aromatic N) is 1. The molecular weight excluding hydrogens is 464 g/mol. The second kappa shape index (κ2) is 9.93. The Labute approximate surface area is 209 Å². The van der Waals surface area contributed by atoms with E-state index in [2.05, 4.69) is 29.6 Å². The first-order chi connectivity index (χ1) is 17.0. The monoisotopic (exact) mass is 494 g/mol. The van der Waals surface area contributed by atoms with Gasteiger partial charge >= 0.3 is 12.1 Å². The molecule has 2 N–H and O–H groups in total. The lowest BCUT2D eigenvalue weighted by atomic mass is 9.98. The van der Waals surface area contributed by atoms with E-state index in [1.807, 2.05) is 31.2 Å². The van der Waals surface area contributed by atoms with Crippen LogP contribution in [0.5, 0.6) is 0 Å². The minimum absolute atomic E-state index is 0.00218. The number of carboxylic acids is 1. The van der Waals surface area contributed by atoms with Gasteiger partial charge in [-0.05, 0) is 47.9 Å². The zero-order valence-electron chi connectivity index (χ0n) is 19.7. The summed E-state index contributed by atoms with van der Waals surface area (Å²) in [6.07, 6.45) is 2.06. The number of aliphatic carboxylic acids is 1. The van der Waals surface area contributed by atoms with Crippen molar-refractivity contribution in [3.63, 3.8) is 0 Å². The van der Waals surface area contributed by atoms with E-state index in [-0.39, 0.29) is 35.8 Å². The van der Waals surface area contributed by atoms with Crippen LogP contribution < -0.4 is 5.32 Å². The van der Waals surface area contributed by atoms with Crippen LogP contribution in [-0.4, -0.2) is 57.8 Å². The molecule has 1 saturated heterocycles. The molecule has 0 spiro atoms.